The van der Waals surface area contributed by atoms with Gasteiger partial charge in [0.1, 0.15) is 6.33 Å². The minimum absolute atomic E-state index is 0.114. The summed E-state index contributed by atoms with van der Waals surface area (Å²) >= 11 is 0. The van der Waals surface area contributed by atoms with E-state index in [0.717, 1.165) is 0 Å². The zero-order valence-electron chi connectivity index (χ0n) is 7.40. The van der Waals surface area contributed by atoms with E-state index in [1.807, 2.05) is 0 Å². The van der Waals surface area contributed by atoms with E-state index in [1.165, 1.54) is 18.7 Å². The first-order valence-corrected chi connectivity index (χ1v) is 4.00. The van der Waals surface area contributed by atoms with E-state index < -0.39 is 0 Å². The van der Waals surface area contributed by atoms with E-state index in [0.29, 0.717) is 12.2 Å². The molecule has 0 fully saturated rings. The summed E-state index contributed by atoms with van der Waals surface area (Å²) in [6, 6.07) is 0. The molecular weight excluding hydrogens is 168 g/mol. The standard InChI is InChI=1S/C8H12N4O/c1-6(2-9)8(13)12-7-3-10-5-11-4-7/h3-6H,2,9H2,1H3,(H,12,13). The number of carbonyl (C=O) groups excluding carboxylic acids is 1. The zero-order valence-corrected chi connectivity index (χ0v) is 7.40. The Bertz CT molecular complexity index is 275. The Morgan fingerprint density at radius 2 is 2.23 bits per heavy atom. The first-order chi connectivity index (χ1) is 6.24. The van der Waals surface area contributed by atoms with Crippen LogP contribution in [-0.2, 0) is 4.79 Å². The number of hydrogen-bond acceptors (Lipinski definition) is 4. The normalized spacial score (nSPS) is 12.2. The van der Waals surface area contributed by atoms with E-state index in [-0.39, 0.29) is 11.8 Å². The molecular formula is C8H12N4O. The molecule has 5 heteroatoms. The molecule has 0 bridgehead atoms. The Labute approximate surface area is 76.4 Å². The predicted octanol–water partition coefficient (Wildman–Crippen LogP) is 0.00990. The van der Waals surface area contributed by atoms with Gasteiger partial charge >= 0.3 is 0 Å². The topological polar surface area (TPSA) is 80.9 Å². The second kappa shape index (κ2) is 4.51. The maximum Gasteiger partial charge on any atom is 0.228 e. The summed E-state index contributed by atoms with van der Waals surface area (Å²) in [7, 11) is 0. The molecule has 0 spiro atoms. The molecule has 1 aromatic rings. The van der Waals surface area contributed by atoms with Gasteiger partial charge < -0.3 is 11.1 Å². The fourth-order valence-corrected chi connectivity index (χ4v) is 0.736. The molecule has 0 aliphatic rings. The number of carbonyl (C=O) groups is 1. The van der Waals surface area contributed by atoms with Crippen LogP contribution in [0.4, 0.5) is 5.69 Å². The second-order valence-electron chi connectivity index (χ2n) is 2.75. The van der Waals surface area contributed by atoms with Crippen molar-refractivity contribution in [2.45, 2.75) is 6.92 Å². The largest absolute Gasteiger partial charge is 0.330 e. The summed E-state index contributed by atoms with van der Waals surface area (Å²) < 4.78 is 0. The molecule has 70 valence electrons. The van der Waals surface area contributed by atoms with Crippen molar-refractivity contribution in [3.05, 3.63) is 18.7 Å². The summed E-state index contributed by atoms with van der Waals surface area (Å²) in [6.07, 6.45) is 4.48. The Hall–Kier alpha value is -1.49. The summed E-state index contributed by atoms with van der Waals surface area (Å²) in [5, 5.41) is 2.65. The monoisotopic (exact) mass is 180 g/mol. The molecule has 0 saturated heterocycles. The summed E-state index contributed by atoms with van der Waals surface area (Å²) in [4.78, 5) is 18.8. The number of rotatable bonds is 3. The highest BCUT2D eigenvalue weighted by Crippen LogP contribution is 2.03. The Balaban J connectivity index is 2.55. The van der Waals surface area contributed by atoms with E-state index in [1.54, 1.807) is 6.92 Å². The van der Waals surface area contributed by atoms with Gasteiger partial charge in [-0.25, -0.2) is 9.97 Å². The fraction of sp³-hybridized carbons (Fsp3) is 0.375. The molecule has 1 aromatic heterocycles. The number of amides is 1. The summed E-state index contributed by atoms with van der Waals surface area (Å²) in [5.41, 5.74) is 5.93. The van der Waals surface area contributed by atoms with Crippen molar-refractivity contribution in [3.8, 4) is 0 Å². The third kappa shape index (κ3) is 2.79. The lowest BCUT2D eigenvalue weighted by Crippen LogP contribution is -2.26. The molecule has 3 N–H and O–H groups in total. The van der Waals surface area contributed by atoms with Crippen LogP contribution < -0.4 is 11.1 Å². The van der Waals surface area contributed by atoms with Crippen molar-refractivity contribution < 1.29 is 4.79 Å². The van der Waals surface area contributed by atoms with Gasteiger partial charge in [0.15, 0.2) is 0 Å². The molecule has 1 rings (SSSR count). The van der Waals surface area contributed by atoms with Gasteiger partial charge in [-0.3, -0.25) is 4.79 Å². The van der Waals surface area contributed by atoms with Crippen LogP contribution in [0.1, 0.15) is 6.92 Å². The van der Waals surface area contributed by atoms with Gasteiger partial charge in [0, 0.05) is 12.5 Å². The van der Waals surface area contributed by atoms with Gasteiger partial charge in [-0.15, -0.1) is 0 Å². The van der Waals surface area contributed by atoms with Gasteiger partial charge in [-0.1, -0.05) is 6.92 Å². The Morgan fingerprint density at radius 3 is 2.77 bits per heavy atom. The smallest absolute Gasteiger partial charge is 0.228 e. The number of nitrogens with one attached hydrogen (secondary N) is 1. The summed E-state index contributed by atoms with van der Waals surface area (Å²) in [5.74, 6) is -0.308. The van der Waals surface area contributed by atoms with Crippen LogP contribution in [0, 0.1) is 5.92 Å². The van der Waals surface area contributed by atoms with E-state index >= 15 is 0 Å². The number of nitrogens with zero attached hydrogens (tertiary/aromatic N) is 2. The fourth-order valence-electron chi connectivity index (χ4n) is 0.736. The molecule has 1 atom stereocenters. The molecule has 13 heavy (non-hydrogen) atoms. The van der Waals surface area contributed by atoms with E-state index in [4.69, 9.17) is 5.73 Å². The molecule has 1 unspecified atom stereocenters. The van der Waals surface area contributed by atoms with Crippen LogP contribution in [-0.4, -0.2) is 22.4 Å². The van der Waals surface area contributed by atoms with Gasteiger partial charge in [-0.05, 0) is 0 Å². The van der Waals surface area contributed by atoms with Crippen molar-refractivity contribution in [3.63, 3.8) is 0 Å². The highest BCUT2D eigenvalue weighted by atomic mass is 16.1. The van der Waals surface area contributed by atoms with Crippen molar-refractivity contribution >= 4 is 11.6 Å². The highest BCUT2D eigenvalue weighted by Gasteiger charge is 2.10. The molecule has 5 nitrogen and oxygen atoms in total. The van der Waals surface area contributed by atoms with Crippen LogP contribution in [0.3, 0.4) is 0 Å². The third-order valence-corrected chi connectivity index (χ3v) is 1.63. The number of hydrogen-bond donors (Lipinski definition) is 2. The van der Waals surface area contributed by atoms with Gasteiger partial charge in [-0.2, -0.15) is 0 Å². The van der Waals surface area contributed by atoms with E-state index in [2.05, 4.69) is 15.3 Å². The SMILES string of the molecule is CC(CN)C(=O)Nc1cncnc1. The lowest BCUT2D eigenvalue weighted by Gasteiger charge is -2.08. The minimum atomic E-state index is -0.194. The number of nitrogens with two attached hydrogens (primary N) is 1. The molecule has 0 radical (unpaired) electrons. The Morgan fingerprint density at radius 1 is 1.62 bits per heavy atom. The Kier molecular flexibility index (Phi) is 3.33. The molecule has 1 heterocycles. The van der Waals surface area contributed by atoms with Crippen LogP contribution >= 0.6 is 0 Å². The highest BCUT2D eigenvalue weighted by molar-refractivity contribution is 5.92. The van der Waals surface area contributed by atoms with Gasteiger partial charge in [0.2, 0.25) is 5.91 Å². The van der Waals surface area contributed by atoms with Crippen LogP contribution in [0.25, 0.3) is 0 Å². The lowest BCUT2D eigenvalue weighted by atomic mass is 10.2. The first kappa shape index (κ1) is 9.60. The predicted molar refractivity (Wildman–Crippen MR) is 48.9 cm³/mol. The molecule has 0 aromatic carbocycles. The average molecular weight is 180 g/mol. The number of anilines is 1. The number of aromatic nitrogens is 2. The van der Waals surface area contributed by atoms with Crippen LogP contribution in [0.2, 0.25) is 0 Å². The first-order valence-electron chi connectivity index (χ1n) is 4.00. The molecule has 1 amide bonds. The van der Waals surface area contributed by atoms with Crippen LogP contribution in [0.5, 0.6) is 0 Å². The van der Waals surface area contributed by atoms with Crippen molar-refractivity contribution in [1.82, 2.24) is 9.97 Å². The minimum Gasteiger partial charge on any atom is -0.330 e. The lowest BCUT2D eigenvalue weighted by molar-refractivity contribution is -0.119. The zero-order chi connectivity index (χ0) is 9.68. The molecule has 0 aliphatic carbocycles. The van der Waals surface area contributed by atoms with Crippen molar-refractivity contribution in [1.29, 1.82) is 0 Å². The van der Waals surface area contributed by atoms with Crippen molar-refractivity contribution in [2.24, 2.45) is 11.7 Å². The maximum absolute atomic E-state index is 11.3. The second-order valence-corrected chi connectivity index (χ2v) is 2.75. The van der Waals surface area contributed by atoms with Gasteiger partial charge in [0.05, 0.1) is 18.1 Å². The van der Waals surface area contributed by atoms with Crippen LogP contribution in [0.15, 0.2) is 18.7 Å². The quantitative estimate of drug-likeness (QED) is 0.686. The molecule has 0 aliphatic heterocycles. The van der Waals surface area contributed by atoms with Crippen molar-refractivity contribution in [2.75, 3.05) is 11.9 Å². The van der Waals surface area contributed by atoms with Gasteiger partial charge in [0.25, 0.3) is 0 Å². The van der Waals surface area contributed by atoms with E-state index in [9.17, 15) is 4.79 Å². The maximum atomic E-state index is 11.3. The third-order valence-electron chi connectivity index (χ3n) is 1.63. The molecule has 0 saturated carbocycles. The average Bonchev–Trinajstić information content (AvgIpc) is 2.18. The summed E-state index contributed by atoms with van der Waals surface area (Å²) in [6.45, 7) is 2.10.